The van der Waals surface area contributed by atoms with E-state index in [-0.39, 0.29) is 0 Å². The molecule has 0 saturated heterocycles. The van der Waals surface area contributed by atoms with Crippen LogP contribution in [0.4, 0.5) is 0 Å². The molecule has 238 valence electrons. The summed E-state index contributed by atoms with van der Waals surface area (Å²) in [6.07, 6.45) is 0. The van der Waals surface area contributed by atoms with Gasteiger partial charge in [0.05, 0.1) is 27.8 Å². The summed E-state index contributed by atoms with van der Waals surface area (Å²) in [5, 5.41) is 5.83. The molecule has 11 aromatic rings. The Morgan fingerprint density at radius 1 is 0.431 bits per heavy atom. The average molecular weight is 653 g/mol. The third kappa shape index (κ3) is 4.09. The predicted octanol–water partition coefficient (Wildman–Crippen LogP) is 11.9. The second kappa shape index (κ2) is 10.8. The first-order chi connectivity index (χ1) is 25.3. The Balaban J connectivity index is 1.24. The van der Waals surface area contributed by atoms with E-state index in [1.54, 1.807) is 0 Å². The van der Waals surface area contributed by atoms with Crippen LogP contribution in [0.25, 0.3) is 99.7 Å². The molecule has 0 saturated carbocycles. The largest absolute Gasteiger partial charge is 0.452 e. The molecule has 0 aliphatic heterocycles. The molecule has 0 aliphatic carbocycles. The minimum atomic E-state index is 0.647. The Morgan fingerprint density at radius 3 is 1.78 bits per heavy atom. The van der Waals surface area contributed by atoms with Gasteiger partial charge < -0.3 is 13.6 Å². The summed E-state index contributed by atoms with van der Waals surface area (Å²) >= 11 is 0. The maximum absolute atomic E-state index is 6.43. The topological polar surface area (TPSA) is 48.8 Å². The van der Waals surface area contributed by atoms with E-state index in [1.807, 2.05) is 36.4 Å². The molecule has 0 radical (unpaired) electrons. The number of hydrogen-bond acceptors (Lipinski definition) is 3. The van der Waals surface area contributed by atoms with E-state index in [0.717, 1.165) is 61.2 Å². The summed E-state index contributed by atoms with van der Waals surface area (Å²) in [7, 11) is 0. The van der Waals surface area contributed by atoms with Crippen LogP contribution in [-0.2, 0) is 0 Å². The highest BCUT2D eigenvalue weighted by molar-refractivity contribution is 6.19. The normalized spacial score (nSPS) is 11.9. The predicted molar refractivity (Wildman–Crippen MR) is 209 cm³/mol. The van der Waals surface area contributed by atoms with Crippen LogP contribution in [0.15, 0.2) is 174 Å². The number of hydrogen-bond donors (Lipinski definition) is 0. The van der Waals surface area contributed by atoms with E-state index in [2.05, 4.69) is 143 Å². The van der Waals surface area contributed by atoms with Gasteiger partial charge in [0.1, 0.15) is 16.8 Å². The Bertz CT molecular complexity index is 3130. The molecule has 0 amide bonds. The smallest absolute Gasteiger partial charge is 0.180 e. The van der Waals surface area contributed by atoms with Gasteiger partial charge in [-0.25, -0.2) is 9.97 Å². The van der Waals surface area contributed by atoms with Gasteiger partial charge in [0.25, 0.3) is 0 Å². The first-order valence-corrected chi connectivity index (χ1v) is 17.2. The van der Waals surface area contributed by atoms with Crippen molar-refractivity contribution in [3.05, 3.63) is 170 Å². The minimum Gasteiger partial charge on any atom is -0.452 e. The third-order valence-corrected chi connectivity index (χ3v) is 10.1. The summed E-state index contributed by atoms with van der Waals surface area (Å²) in [6.45, 7) is 0. The van der Waals surface area contributed by atoms with Crippen LogP contribution >= 0.6 is 0 Å². The fraction of sp³-hybridized carbons (Fsp3) is 0. The van der Waals surface area contributed by atoms with Crippen LogP contribution in [0, 0.1) is 0 Å². The highest BCUT2D eigenvalue weighted by Crippen LogP contribution is 2.42. The van der Waals surface area contributed by atoms with Crippen molar-refractivity contribution in [1.82, 2.24) is 19.1 Å². The van der Waals surface area contributed by atoms with Crippen molar-refractivity contribution in [2.45, 2.75) is 0 Å². The minimum absolute atomic E-state index is 0.647. The van der Waals surface area contributed by atoms with Crippen molar-refractivity contribution in [2.24, 2.45) is 0 Å². The molecule has 0 N–H and O–H groups in total. The van der Waals surface area contributed by atoms with Crippen molar-refractivity contribution in [2.75, 3.05) is 0 Å². The second-order valence-electron chi connectivity index (χ2n) is 13.0. The van der Waals surface area contributed by atoms with Crippen LogP contribution in [0.1, 0.15) is 0 Å². The zero-order valence-corrected chi connectivity index (χ0v) is 27.4. The van der Waals surface area contributed by atoms with Crippen LogP contribution in [0.5, 0.6) is 0 Å². The summed E-state index contributed by atoms with van der Waals surface area (Å²) in [4.78, 5) is 10.5. The van der Waals surface area contributed by atoms with Gasteiger partial charge in [0.2, 0.25) is 0 Å². The van der Waals surface area contributed by atoms with E-state index in [4.69, 9.17) is 14.4 Å². The molecule has 5 heteroatoms. The van der Waals surface area contributed by atoms with Gasteiger partial charge >= 0.3 is 0 Å². The van der Waals surface area contributed by atoms with E-state index in [9.17, 15) is 0 Å². The van der Waals surface area contributed by atoms with Crippen molar-refractivity contribution >= 4 is 65.7 Å². The maximum atomic E-state index is 6.43. The quantitative estimate of drug-likeness (QED) is 0.190. The van der Waals surface area contributed by atoms with Gasteiger partial charge in [-0.1, -0.05) is 109 Å². The van der Waals surface area contributed by atoms with Gasteiger partial charge in [0, 0.05) is 43.7 Å². The number of aromatic nitrogens is 4. The van der Waals surface area contributed by atoms with Crippen molar-refractivity contribution in [1.29, 1.82) is 0 Å². The standard InChI is InChI=1S/C46H28N4O/c1-3-15-29(16-4-1)43-45-44(34-22-10-14-26-42(34)51-45)48-46(47-43)33-21-9-13-25-39(33)50-38-24-12-8-20-32(38)36-27-35-31-19-7-11-23-37(31)49(40(35)28-41(36)50)30-17-5-2-6-18-30/h1-28H. The molecular weight excluding hydrogens is 625 g/mol. The van der Waals surface area contributed by atoms with Crippen molar-refractivity contribution < 1.29 is 4.42 Å². The fourth-order valence-electron chi connectivity index (χ4n) is 7.91. The molecule has 51 heavy (non-hydrogen) atoms. The van der Waals surface area contributed by atoms with E-state index in [0.29, 0.717) is 11.4 Å². The van der Waals surface area contributed by atoms with E-state index < -0.39 is 0 Å². The molecule has 0 fully saturated rings. The Hall–Kier alpha value is -6.98. The molecule has 0 unspecified atom stereocenters. The van der Waals surface area contributed by atoms with Gasteiger partial charge in [-0.2, -0.15) is 0 Å². The fourth-order valence-corrected chi connectivity index (χ4v) is 7.91. The molecule has 0 bridgehead atoms. The highest BCUT2D eigenvalue weighted by Gasteiger charge is 2.23. The SMILES string of the molecule is c1ccc(-c2nc(-c3ccccc3-n3c4ccccc4c4cc5c6ccccc6n(-c6ccccc6)c5cc43)nc3c2oc2ccccc23)cc1. The maximum Gasteiger partial charge on any atom is 0.180 e. The zero-order valence-electron chi connectivity index (χ0n) is 27.4. The summed E-state index contributed by atoms with van der Waals surface area (Å²) in [6, 6.07) is 59.6. The first kappa shape index (κ1) is 27.9. The summed E-state index contributed by atoms with van der Waals surface area (Å²) in [5.41, 5.74) is 11.7. The Kier molecular flexibility index (Phi) is 5.89. The van der Waals surface area contributed by atoms with Gasteiger partial charge in [-0.3, -0.25) is 0 Å². The highest BCUT2D eigenvalue weighted by atomic mass is 16.3. The lowest BCUT2D eigenvalue weighted by Crippen LogP contribution is -2.01. The molecule has 11 rings (SSSR count). The number of benzene rings is 7. The molecule has 0 atom stereocenters. The lowest BCUT2D eigenvalue weighted by atomic mass is 10.1. The number of rotatable bonds is 4. The van der Waals surface area contributed by atoms with Crippen LogP contribution < -0.4 is 0 Å². The summed E-state index contributed by atoms with van der Waals surface area (Å²) < 4.78 is 11.2. The number of para-hydroxylation sites is 5. The molecule has 4 heterocycles. The number of fused-ring (bicyclic) bond motifs is 9. The van der Waals surface area contributed by atoms with Crippen molar-refractivity contribution in [3.63, 3.8) is 0 Å². The molecule has 7 aromatic carbocycles. The van der Waals surface area contributed by atoms with E-state index in [1.165, 1.54) is 27.1 Å². The first-order valence-electron chi connectivity index (χ1n) is 17.2. The van der Waals surface area contributed by atoms with Crippen LogP contribution in [0.3, 0.4) is 0 Å². The van der Waals surface area contributed by atoms with E-state index >= 15 is 0 Å². The van der Waals surface area contributed by atoms with Crippen molar-refractivity contribution in [3.8, 4) is 34.0 Å². The Morgan fingerprint density at radius 2 is 1.02 bits per heavy atom. The number of furan rings is 1. The molecular formula is C46H28N4O. The number of nitrogens with zero attached hydrogens (tertiary/aromatic N) is 4. The molecule has 4 aromatic heterocycles. The average Bonchev–Trinajstić information content (AvgIpc) is 3.85. The molecule has 0 spiro atoms. The summed E-state index contributed by atoms with van der Waals surface area (Å²) in [5.74, 6) is 0.647. The molecule has 5 nitrogen and oxygen atoms in total. The second-order valence-corrected chi connectivity index (χ2v) is 13.0. The monoisotopic (exact) mass is 652 g/mol. The lowest BCUT2D eigenvalue weighted by Gasteiger charge is -2.14. The Labute approximate surface area is 292 Å². The van der Waals surface area contributed by atoms with Crippen LogP contribution in [0.2, 0.25) is 0 Å². The third-order valence-electron chi connectivity index (χ3n) is 10.1. The van der Waals surface area contributed by atoms with Gasteiger partial charge in [0.15, 0.2) is 11.4 Å². The molecule has 0 aliphatic rings. The zero-order chi connectivity index (χ0) is 33.5. The lowest BCUT2D eigenvalue weighted by molar-refractivity contribution is 0.667. The van der Waals surface area contributed by atoms with Crippen LogP contribution in [-0.4, -0.2) is 19.1 Å². The van der Waals surface area contributed by atoms with Gasteiger partial charge in [-0.15, -0.1) is 0 Å². The van der Waals surface area contributed by atoms with Gasteiger partial charge in [-0.05, 0) is 60.7 Å².